The van der Waals surface area contributed by atoms with Gasteiger partial charge in [0.05, 0.1) is 23.4 Å². The monoisotopic (exact) mass is 514 g/mol. The molecular formula is C29H31ClN6O. The third-order valence-electron chi connectivity index (χ3n) is 7.54. The molecule has 8 heteroatoms. The zero-order valence-electron chi connectivity index (χ0n) is 20.8. The first-order valence-electron chi connectivity index (χ1n) is 13.5. The van der Waals surface area contributed by atoms with Crippen LogP contribution in [0.5, 0.6) is 5.75 Å². The third-order valence-corrected chi connectivity index (χ3v) is 7.76. The standard InChI is InChI=1S/C29H31ClN6O/c30-20-15-25-27(24-13-14-31-29(34-24)33-22-9-10-22)28(19-7-11-23(12-8-19)37-17-18-5-6-18)35-36(25)26(16-20)32-21-3-1-2-4-21/h7-8,11-16,18,21-22,32H,1-6,9-10,17H2,(H,31,33,34). The van der Waals surface area contributed by atoms with Crippen molar-refractivity contribution in [2.24, 2.45) is 5.92 Å². The lowest BCUT2D eigenvalue weighted by Gasteiger charge is -2.15. The van der Waals surface area contributed by atoms with Crippen LogP contribution in [-0.4, -0.2) is 38.3 Å². The number of hydrogen-bond acceptors (Lipinski definition) is 6. The van der Waals surface area contributed by atoms with E-state index >= 15 is 0 Å². The van der Waals surface area contributed by atoms with Crippen molar-refractivity contribution in [1.29, 1.82) is 0 Å². The van der Waals surface area contributed by atoms with Crippen LogP contribution in [0.15, 0.2) is 48.7 Å². The van der Waals surface area contributed by atoms with Crippen molar-refractivity contribution >= 4 is 28.9 Å². The Bertz CT molecular complexity index is 1420. The summed E-state index contributed by atoms with van der Waals surface area (Å²) in [6.07, 6.45) is 11.5. The molecule has 3 aliphatic carbocycles. The van der Waals surface area contributed by atoms with E-state index in [2.05, 4.69) is 27.8 Å². The van der Waals surface area contributed by atoms with Crippen LogP contribution >= 0.6 is 11.6 Å². The van der Waals surface area contributed by atoms with Crippen LogP contribution in [0.25, 0.3) is 28.0 Å². The molecule has 0 atom stereocenters. The smallest absolute Gasteiger partial charge is 0.223 e. The highest BCUT2D eigenvalue weighted by atomic mass is 35.5. The highest BCUT2D eigenvalue weighted by Gasteiger charge is 2.25. The summed E-state index contributed by atoms with van der Waals surface area (Å²) in [6, 6.07) is 15.1. The fraction of sp³-hybridized carbons (Fsp3) is 0.414. The average Bonchev–Trinajstić information content (AvgIpc) is 3.82. The summed E-state index contributed by atoms with van der Waals surface area (Å²) < 4.78 is 7.97. The van der Waals surface area contributed by atoms with Crippen LogP contribution in [0.2, 0.25) is 5.02 Å². The van der Waals surface area contributed by atoms with Gasteiger partial charge in [0, 0.05) is 28.9 Å². The largest absolute Gasteiger partial charge is 0.493 e. The highest BCUT2D eigenvalue weighted by Crippen LogP contribution is 2.38. The van der Waals surface area contributed by atoms with Crippen LogP contribution in [0.1, 0.15) is 51.4 Å². The Balaban J connectivity index is 1.33. The number of benzene rings is 1. The van der Waals surface area contributed by atoms with Crippen molar-refractivity contribution in [3.8, 4) is 28.3 Å². The molecular weight excluding hydrogens is 484 g/mol. The van der Waals surface area contributed by atoms with Gasteiger partial charge in [0.15, 0.2) is 0 Å². The Morgan fingerprint density at radius 1 is 0.919 bits per heavy atom. The molecule has 190 valence electrons. The van der Waals surface area contributed by atoms with Gasteiger partial charge in [0.2, 0.25) is 5.95 Å². The van der Waals surface area contributed by atoms with E-state index in [4.69, 9.17) is 26.4 Å². The number of nitrogens with zero attached hydrogens (tertiary/aromatic N) is 4. The first-order chi connectivity index (χ1) is 18.2. The van der Waals surface area contributed by atoms with Crippen molar-refractivity contribution < 1.29 is 4.74 Å². The van der Waals surface area contributed by atoms with Crippen LogP contribution in [0.3, 0.4) is 0 Å². The van der Waals surface area contributed by atoms with Gasteiger partial charge in [-0.1, -0.05) is 24.4 Å². The second kappa shape index (κ2) is 9.53. The fourth-order valence-electron chi connectivity index (χ4n) is 5.13. The molecule has 0 saturated heterocycles. The summed E-state index contributed by atoms with van der Waals surface area (Å²) >= 11 is 6.68. The third kappa shape index (κ3) is 4.97. The highest BCUT2D eigenvalue weighted by molar-refractivity contribution is 6.31. The van der Waals surface area contributed by atoms with Crippen molar-refractivity contribution in [2.45, 2.75) is 63.5 Å². The molecule has 3 aromatic heterocycles. The molecule has 0 spiro atoms. The van der Waals surface area contributed by atoms with Crippen LogP contribution in [0, 0.1) is 5.92 Å². The van der Waals surface area contributed by atoms with Gasteiger partial charge >= 0.3 is 0 Å². The second-order valence-corrected chi connectivity index (χ2v) is 11.1. The predicted octanol–water partition coefficient (Wildman–Crippen LogP) is 6.83. The maximum Gasteiger partial charge on any atom is 0.223 e. The number of pyridine rings is 1. The van der Waals surface area contributed by atoms with Gasteiger partial charge in [-0.05, 0) is 86.9 Å². The van der Waals surface area contributed by atoms with Gasteiger partial charge in [-0.2, -0.15) is 5.10 Å². The lowest BCUT2D eigenvalue weighted by Crippen LogP contribution is -2.17. The lowest BCUT2D eigenvalue weighted by molar-refractivity contribution is 0.300. The minimum absolute atomic E-state index is 0.439. The molecule has 0 radical (unpaired) electrons. The molecule has 3 heterocycles. The summed E-state index contributed by atoms with van der Waals surface area (Å²) in [5, 5.41) is 12.9. The van der Waals surface area contributed by atoms with E-state index in [1.807, 2.05) is 41.0 Å². The zero-order valence-corrected chi connectivity index (χ0v) is 21.5. The Morgan fingerprint density at radius 3 is 2.46 bits per heavy atom. The number of hydrogen-bond donors (Lipinski definition) is 2. The van der Waals surface area contributed by atoms with E-state index in [0.717, 1.165) is 65.0 Å². The van der Waals surface area contributed by atoms with Gasteiger partial charge in [-0.15, -0.1) is 0 Å². The molecule has 7 rings (SSSR count). The summed E-state index contributed by atoms with van der Waals surface area (Å²) in [6.45, 7) is 0.797. The summed E-state index contributed by atoms with van der Waals surface area (Å²) in [7, 11) is 0. The molecule has 3 fully saturated rings. The number of halogens is 1. The molecule has 0 unspecified atom stereocenters. The van der Waals surface area contributed by atoms with Crippen LogP contribution in [-0.2, 0) is 0 Å². The lowest BCUT2D eigenvalue weighted by atomic mass is 10.0. The Morgan fingerprint density at radius 2 is 1.70 bits per heavy atom. The predicted molar refractivity (Wildman–Crippen MR) is 147 cm³/mol. The molecule has 0 aliphatic heterocycles. The molecule has 2 N–H and O–H groups in total. The summed E-state index contributed by atoms with van der Waals surface area (Å²) in [5.41, 5.74) is 4.57. The van der Waals surface area contributed by atoms with Crippen molar-refractivity contribution in [1.82, 2.24) is 19.6 Å². The van der Waals surface area contributed by atoms with E-state index in [1.165, 1.54) is 38.5 Å². The van der Waals surface area contributed by atoms with E-state index in [9.17, 15) is 0 Å². The SMILES string of the molecule is Clc1cc(NC2CCCC2)n2nc(-c3ccc(OCC4CC4)cc3)c(-c3ccnc(NC4CC4)n3)c2c1. The summed E-state index contributed by atoms with van der Waals surface area (Å²) in [5.74, 6) is 3.18. The molecule has 37 heavy (non-hydrogen) atoms. The van der Waals surface area contributed by atoms with Gasteiger partial charge in [0.1, 0.15) is 17.3 Å². The summed E-state index contributed by atoms with van der Waals surface area (Å²) in [4.78, 5) is 9.37. The van der Waals surface area contributed by atoms with E-state index in [1.54, 1.807) is 0 Å². The van der Waals surface area contributed by atoms with Crippen LogP contribution < -0.4 is 15.4 Å². The minimum atomic E-state index is 0.439. The number of ether oxygens (including phenoxy) is 1. The quantitative estimate of drug-likeness (QED) is 0.255. The fourth-order valence-corrected chi connectivity index (χ4v) is 5.34. The minimum Gasteiger partial charge on any atom is -0.493 e. The number of aromatic nitrogens is 4. The molecule has 7 nitrogen and oxygen atoms in total. The van der Waals surface area contributed by atoms with Gasteiger partial charge < -0.3 is 15.4 Å². The number of fused-ring (bicyclic) bond motifs is 1. The maximum atomic E-state index is 6.68. The molecule has 0 bridgehead atoms. The molecule has 4 aromatic rings. The topological polar surface area (TPSA) is 76.4 Å². The maximum absolute atomic E-state index is 6.68. The first-order valence-corrected chi connectivity index (χ1v) is 13.9. The van der Waals surface area contributed by atoms with Crippen molar-refractivity contribution in [3.05, 3.63) is 53.7 Å². The normalized spacial score (nSPS) is 17.9. The zero-order chi connectivity index (χ0) is 24.8. The Labute approximate surface area is 221 Å². The van der Waals surface area contributed by atoms with E-state index < -0.39 is 0 Å². The van der Waals surface area contributed by atoms with E-state index in [-0.39, 0.29) is 0 Å². The van der Waals surface area contributed by atoms with E-state index in [0.29, 0.717) is 23.1 Å². The van der Waals surface area contributed by atoms with Crippen molar-refractivity contribution in [3.63, 3.8) is 0 Å². The Kier molecular flexibility index (Phi) is 5.88. The van der Waals surface area contributed by atoms with Gasteiger partial charge in [0.25, 0.3) is 0 Å². The molecule has 3 aliphatic rings. The molecule has 0 amide bonds. The number of nitrogens with one attached hydrogen (secondary N) is 2. The van der Waals surface area contributed by atoms with Crippen LogP contribution in [0.4, 0.5) is 11.8 Å². The first kappa shape index (κ1) is 22.8. The number of rotatable bonds is 9. The second-order valence-electron chi connectivity index (χ2n) is 10.7. The van der Waals surface area contributed by atoms with Crippen molar-refractivity contribution in [2.75, 3.05) is 17.2 Å². The Hall–Kier alpha value is -3.32. The van der Waals surface area contributed by atoms with Gasteiger partial charge in [-0.3, -0.25) is 0 Å². The molecule has 1 aromatic carbocycles. The van der Waals surface area contributed by atoms with Gasteiger partial charge in [-0.25, -0.2) is 14.5 Å². The molecule has 3 saturated carbocycles. The number of anilines is 2. The average molecular weight is 515 g/mol.